The fourth-order valence-electron chi connectivity index (χ4n) is 15.6. The first kappa shape index (κ1) is 103. The van der Waals surface area contributed by atoms with E-state index in [4.69, 9.17) is 27.3 Å². The molecular formula is C90H122N24O18S. The number of carbonyl (C=O) groups is 16. The molecular weight excluding hydrogens is 1740 g/mol. The van der Waals surface area contributed by atoms with Crippen LogP contribution in [0.3, 0.4) is 0 Å². The number of nitrogens with zero attached hydrogens (tertiary/aromatic N) is 6. The molecule has 716 valence electrons. The average Bonchev–Trinajstić information content (AvgIpc) is 1.71. The van der Waals surface area contributed by atoms with Crippen LogP contribution in [0.1, 0.15) is 94.2 Å². The van der Waals surface area contributed by atoms with E-state index in [1.807, 2.05) is 13.8 Å². The van der Waals surface area contributed by atoms with Crippen molar-refractivity contribution in [3.63, 3.8) is 0 Å². The molecule has 3 aromatic heterocycles. The molecule has 0 saturated carbocycles. The number of nitrogens with two attached hydrogens (primary N) is 3. The molecule has 7 aromatic rings. The molecule has 5 heterocycles. The number of aromatic nitrogens is 4. The number of likely N-dealkylation sites (N-methyl/N-ethyl adjacent to an activating group) is 4. The first-order valence-corrected chi connectivity index (χ1v) is 45.0. The topological polar surface area (TPSA) is 613 Å². The number of primary amides is 2. The first-order valence-electron chi connectivity index (χ1n) is 43.8. The number of ether oxygens (including phenoxy) is 1. The van der Waals surface area contributed by atoms with Gasteiger partial charge in [0.05, 0.1) is 57.5 Å². The highest BCUT2D eigenvalue weighted by Gasteiger charge is 2.43. The predicted octanol–water partition coefficient (Wildman–Crippen LogP) is -2.81. The number of benzene rings is 4. The lowest BCUT2D eigenvalue weighted by Crippen LogP contribution is -2.61. The van der Waals surface area contributed by atoms with Crippen LogP contribution in [-0.2, 0) is 114 Å². The lowest BCUT2D eigenvalue weighted by Gasteiger charge is -2.35. The number of aliphatic hydroxyl groups excluding tert-OH is 1. The zero-order valence-corrected chi connectivity index (χ0v) is 76.5. The number of thioether (sulfide) groups is 1. The van der Waals surface area contributed by atoms with Crippen LogP contribution in [0.15, 0.2) is 134 Å². The highest BCUT2D eigenvalue weighted by molar-refractivity contribution is 8.00. The van der Waals surface area contributed by atoms with Crippen molar-refractivity contribution >= 4 is 134 Å². The Bertz CT molecular complexity index is 5230. The van der Waals surface area contributed by atoms with Gasteiger partial charge in [-0.25, -0.2) is 4.98 Å². The van der Waals surface area contributed by atoms with Crippen LogP contribution in [0, 0.1) is 11.3 Å². The summed E-state index contributed by atoms with van der Waals surface area (Å²) >= 11 is 0.789. The summed E-state index contributed by atoms with van der Waals surface area (Å²) in [5, 5.41) is 50.1. The highest BCUT2D eigenvalue weighted by Crippen LogP contribution is 2.25. The van der Waals surface area contributed by atoms with Crippen molar-refractivity contribution in [1.29, 1.82) is 5.41 Å². The molecule has 2 aliphatic rings. The first-order chi connectivity index (χ1) is 63.5. The Morgan fingerprint density at radius 3 is 1.73 bits per heavy atom. The Morgan fingerprint density at radius 1 is 0.571 bits per heavy atom. The SMILES string of the molecule is CC(C)C[C@@H]1NC[C@H](Cc2cnc[nH]2)NC(=O)[C@@H]2CCCN2C(=O)[C@H](CC(N)=O)NC(=O)[C@H](C)N(C)C(=O)[C@H](Cc2ccccc2)NC(=O)CSC[C@@H](C(=O)NCC(N)=O)NC(=O)[C@H](CCCNC(=N)N)NC(=O)[C@H](C)N(C)C(=O)[C@H](COCc2ccccc2)N(C)C(=O)[C@H](Cc2c[nH]c3ccccc23)NC(=O)[C@H](CO)NC(=O)[C@H](Cc2c[nH]c3ccccc23)NC(=O)CN(C)C1=O. The van der Waals surface area contributed by atoms with Crippen molar-refractivity contribution in [3.8, 4) is 0 Å². The number of H-pyrrole nitrogens is 3. The smallest absolute Gasteiger partial charge is 0.248 e. The number of hydrogen-bond donors (Lipinski definition) is 19. The molecule has 133 heavy (non-hydrogen) atoms. The molecule has 22 N–H and O–H groups in total. The Morgan fingerprint density at radius 2 is 1.13 bits per heavy atom. The number of hydrogen-bond acceptors (Lipinski definition) is 22. The lowest BCUT2D eigenvalue weighted by molar-refractivity contribution is -0.151. The second kappa shape index (κ2) is 50.0. The van der Waals surface area contributed by atoms with Gasteiger partial charge in [0.2, 0.25) is 94.5 Å². The summed E-state index contributed by atoms with van der Waals surface area (Å²) in [5.74, 6) is -15.8. The van der Waals surface area contributed by atoms with Gasteiger partial charge in [0, 0.05) is 131 Å². The third kappa shape index (κ3) is 30.1. The molecule has 0 aliphatic carbocycles. The van der Waals surface area contributed by atoms with Gasteiger partial charge in [-0.2, -0.15) is 0 Å². The van der Waals surface area contributed by atoms with E-state index in [9.17, 15) is 62.6 Å². The number of carbonyl (C=O) groups excluding carboxylic acids is 16. The van der Waals surface area contributed by atoms with E-state index in [2.05, 4.69) is 78.4 Å². The van der Waals surface area contributed by atoms with E-state index in [0.29, 0.717) is 56.2 Å². The number of aromatic amines is 3. The second-order valence-electron chi connectivity index (χ2n) is 33.6. The van der Waals surface area contributed by atoms with Crippen LogP contribution >= 0.6 is 11.8 Å². The summed E-state index contributed by atoms with van der Waals surface area (Å²) in [7, 11) is 5.18. The van der Waals surface area contributed by atoms with Crippen molar-refractivity contribution < 1.29 is 86.6 Å². The van der Waals surface area contributed by atoms with Gasteiger partial charge in [0.25, 0.3) is 0 Å². The molecule has 4 aromatic carbocycles. The maximum atomic E-state index is 15.7. The minimum absolute atomic E-state index is 0.00961. The van der Waals surface area contributed by atoms with Crippen molar-refractivity contribution in [1.82, 2.24) is 103 Å². The van der Waals surface area contributed by atoms with Gasteiger partial charge in [-0.05, 0) is 86.3 Å². The molecule has 0 bridgehead atoms. The van der Waals surface area contributed by atoms with E-state index < -0.39 is 223 Å². The van der Waals surface area contributed by atoms with Gasteiger partial charge in [-0.15, -0.1) is 11.8 Å². The third-order valence-corrected chi connectivity index (χ3v) is 24.1. The molecule has 2 aliphatic heterocycles. The largest absolute Gasteiger partial charge is 0.394 e. The Kier molecular flexibility index (Phi) is 38.7. The van der Waals surface area contributed by atoms with Gasteiger partial charge in [0.1, 0.15) is 66.5 Å². The van der Waals surface area contributed by atoms with Crippen molar-refractivity contribution in [3.05, 3.63) is 162 Å². The summed E-state index contributed by atoms with van der Waals surface area (Å²) in [5.41, 5.74) is 20.9. The quantitative estimate of drug-likeness (QED) is 0.0165. The summed E-state index contributed by atoms with van der Waals surface area (Å²) < 4.78 is 6.21. The van der Waals surface area contributed by atoms with Crippen LogP contribution in [0.5, 0.6) is 0 Å². The van der Waals surface area contributed by atoms with Crippen LogP contribution in [0.25, 0.3) is 21.8 Å². The minimum atomic E-state index is -1.86. The second-order valence-corrected chi connectivity index (χ2v) is 34.6. The number of para-hydroxylation sites is 2. The Balaban J connectivity index is 1.07. The molecule has 9 rings (SSSR count). The van der Waals surface area contributed by atoms with Crippen molar-refractivity contribution in [2.24, 2.45) is 23.1 Å². The maximum absolute atomic E-state index is 15.7. The van der Waals surface area contributed by atoms with Crippen LogP contribution in [0.4, 0.5) is 0 Å². The summed E-state index contributed by atoms with van der Waals surface area (Å²) in [6, 6.07) is 12.6. The van der Waals surface area contributed by atoms with Gasteiger partial charge in [-0.1, -0.05) is 111 Å². The number of aliphatic hydroxyl groups is 1. The standard InChI is InChI=1S/C90H122N24O18S/c1-51(2)33-66-85(127)110(5)44-76(118)103-65(35-56-39-97-62-27-17-15-25-60(56)62)82(124)108-70(45-115)83(125)107-68(36-57-40-98-63-28-18-16-26-61(57)63)87(129)113(8)73(47-132-46-55-23-13-10-14-24-55)89(131)112(7)53(4)78(120)105-64(29-19-31-96-90(93)94)81(123)109-71(80(122)100-43-75(92)117)48-133-49-77(119)104-67(34-54-21-11-9-12-22-54)86(128)111(6)52(3)79(121)106-69(38-74(91)116)88(130)114-32-20-30-72(114)84(126)102-59(42-99-66)37-58-41-95-50-101-58/h9-18,21-28,39-41,50-53,59,64-73,97-99,115H,19-20,29-38,42-49H2,1-8H3,(H2,91,116)(H2,92,117)(H,95,101)(H,100,122)(H,102,126)(H,103,118)(H,104,119)(H,105,120)(H,106,121)(H,107,125)(H,108,124)(H,109,123)(H4,93,94,96)/t52-,53-,59-,64-,65-,66-,67-,68-,69-,70-,71-,72-,73-/m0/s1. The van der Waals surface area contributed by atoms with Gasteiger partial charge in [-0.3, -0.25) is 82.1 Å². The average molecular weight is 1860 g/mol. The number of imidazole rings is 1. The molecule has 13 atom stereocenters. The zero-order valence-electron chi connectivity index (χ0n) is 75.6. The molecule has 42 nitrogen and oxygen atoms in total. The summed E-state index contributed by atoms with van der Waals surface area (Å²) in [4.78, 5) is 252. The van der Waals surface area contributed by atoms with Crippen LogP contribution in [0.2, 0.25) is 0 Å². The van der Waals surface area contributed by atoms with Crippen molar-refractivity contribution in [2.75, 3.05) is 85.6 Å². The molecule has 16 amide bonds. The zero-order chi connectivity index (χ0) is 96.7. The van der Waals surface area contributed by atoms with E-state index in [1.165, 1.54) is 59.5 Å². The summed E-state index contributed by atoms with van der Waals surface area (Å²) in [6.45, 7) is 3.20. The van der Waals surface area contributed by atoms with Gasteiger partial charge in [0.15, 0.2) is 5.96 Å². The van der Waals surface area contributed by atoms with E-state index in [-0.39, 0.29) is 83.5 Å². The molecule has 43 heteroatoms. The molecule has 0 radical (unpaired) electrons. The maximum Gasteiger partial charge on any atom is 0.248 e. The van der Waals surface area contributed by atoms with E-state index in [1.54, 1.807) is 122 Å². The van der Waals surface area contributed by atoms with E-state index >= 15 is 19.2 Å². The molecule has 2 fully saturated rings. The number of amides is 16. The monoisotopic (exact) mass is 1860 g/mol. The number of guanidine groups is 1. The van der Waals surface area contributed by atoms with Gasteiger partial charge < -0.3 is 125 Å². The number of rotatable bonds is 24. The normalized spacial score (nSPS) is 23.4. The predicted molar refractivity (Wildman–Crippen MR) is 492 cm³/mol. The third-order valence-electron chi connectivity index (χ3n) is 23.1. The minimum Gasteiger partial charge on any atom is -0.394 e. The molecule has 0 unspecified atom stereocenters. The van der Waals surface area contributed by atoms with Crippen LogP contribution < -0.4 is 75.7 Å². The molecule has 0 spiro atoms. The number of nitrogens with one attached hydrogen (secondary N) is 15. The van der Waals surface area contributed by atoms with Gasteiger partial charge >= 0.3 is 0 Å². The summed E-state index contributed by atoms with van der Waals surface area (Å²) in [6.07, 6.45) is 5.33. The Labute approximate surface area is 773 Å². The fraction of sp³-hybridized carbons (Fsp3) is 0.467. The Hall–Kier alpha value is -13.8. The lowest BCUT2D eigenvalue weighted by atomic mass is 10.0. The fourth-order valence-corrected chi connectivity index (χ4v) is 16.4. The highest BCUT2D eigenvalue weighted by atomic mass is 32.2. The van der Waals surface area contributed by atoms with Crippen LogP contribution in [-0.4, -0.2) is 314 Å². The van der Waals surface area contributed by atoms with Crippen molar-refractivity contribution in [2.45, 2.75) is 177 Å². The number of fused-ring (bicyclic) bond motifs is 3. The molecule has 2 saturated heterocycles. The van der Waals surface area contributed by atoms with E-state index in [0.717, 1.165) is 31.4 Å².